The van der Waals surface area contributed by atoms with Crippen LogP contribution in [0.2, 0.25) is 0 Å². The van der Waals surface area contributed by atoms with E-state index in [1.165, 1.54) is 24.9 Å². The maximum absolute atomic E-state index is 12.8. The number of likely N-dealkylation sites (tertiary alicyclic amines) is 1. The van der Waals surface area contributed by atoms with Crippen molar-refractivity contribution >= 4 is 21.9 Å². The van der Waals surface area contributed by atoms with Crippen molar-refractivity contribution in [1.29, 1.82) is 0 Å². The van der Waals surface area contributed by atoms with Gasteiger partial charge in [0, 0.05) is 19.2 Å². The quantitative estimate of drug-likeness (QED) is 0.825. The Hall–Kier alpha value is -1.87. The number of hydrogen-bond donors (Lipinski definition) is 2. The zero-order valence-electron chi connectivity index (χ0n) is 13.5. The van der Waals surface area contributed by atoms with Crippen LogP contribution in [0.1, 0.15) is 35.4 Å². The van der Waals surface area contributed by atoms with Crippen LogP contribution in [0.5, 0.6) is 0 Å². The van der Waals surface area contributed by atoms with Crippen molar-refractivity contribution in [3.8, 4) is 0 Å². The second-order valence-electron chi connectivity index (χ2n) is 6.48. The molecule has 24 heavy (non-hydrogen) atoms. The van der Waals surface area contributed by atoms with Crippen LogP contribution in [0.25, 0.3) is 0 Å². The van der Waals surface area contributed by atoms with Gasteiger partial charge < -0.3 is 14.4 Å². The summed E-state index contributed by atoms with van der Waals surface area (Å²) in [7, 11) is -2.52. The number of carbonyl (C=O) groups is 2. The van der Waals surface area contributed by atoms with E-state index in [-0.39, 0.29) is 34.8 Å². The number of aryl methyl sites for hydroxylation is 1. The van der Waals surface area contributed by atoms with Gasteiger partial charge in [-0.25, -0.2) is 13.1 Å². The third kappa shape index (κ3) is 2.42. The van der Waals surface area contributed by atoms with E-state index < -0.39 is 21.4 Å². The summed E-state index contributed by atoms with van der Waals surface area (Å²) in [6.45, 7) is 2.06. The molecule has 1 aliphatic carbocycles. The number of fused-ring (bicyclic) bond motifs is 1. The zero-order chi connectivity index (χ0) is 17.7. The minimum atomic E-state index is -3.78. The van der Waals surface area contributed by atoms with E-state index in [4.69, 9.17) is 4.42 Å². The summed E-state index contributed by atoms with van der Waals surface area (Å²) in [5.74, 6) is -1.09. The summed E-state index contributed by atoms with van der Waals surface area (Å²) >= 11 is 0. The van der Waals surface area contributed by atoms with Crippen LogP contribution >= 0.6 is 0 Å². The fraction of sp³-hybridized carbons (Fsp3) is 0.600. The molecule has 1 saturated carbocycles. The summed E-state index contributed by atoms with van der Waals surface area (Å²) in [5, 5.41) is 9.28. The van der Waals surface area contributed by atoms with Gasteiger partial charge in [-0.05, 0) is 32.7 Å². The highest BCUT2D eigenvalue weighted by atomic mass is 32.2. The largest absolute Gasteiger partial charge is 0.481 e. The second-order valence-corrected chi connectivity index (χ2v) is 8.30. The van der Waals surface area contributed by atoms with Crippen molar-refractivity contribution in [2.24, 2.45) is 11.3 Å². The molecule has 1 saturated heterocycles. The summed E-state index contributed by atoms with van der Waals surface area (Å²) in [6.07, 6.45) is 2.22. The number of nitrogens with one attached hydrogen (secondary N) is 1. The van der Waals surface area contributed by atoms with E-state index >= 15 is 0 Å². The van der Waals surface area contributed by atoms with Crippen LogP contribution in [0.15, 0.2) is 15.6 Å². The fourth-order valence-corrected chi connectivity index (χ4v) is 4.57. The van der Waals surface area contributed by atoms with E-state index in [2.05, 4.69) is 4.72 Å². The summed E-state index contributed by atoms with van der Waals surface area (Å²) < 4.78 is 30.9. The fourth-order valence-electron chi connectivity index (χ4n) is 3.86. The van der Waals surface area contributed by atoms with Crippen molar-refractivity contribution < 1.29 is 27.5 Å². The van der Waals surface area contributed by atoms with Crippen LogP contribution < -0.4 is 4.72 Å². The van der Waals surface area contributed by atoms with Gasteiger partial charge in [0.05, 0.1) is 11.0 Å². The molecule has 2 fully saturated rings. The van der Waals surface area contributed by atoms with Gasteiger partial charge in [-0.3, -0.25) is 9.59 Å². The lowest BCUT2D eigenvalue weighted by Crippen LogP contribution is -2.37. The molecule has 132 valence electrons. The number of amides is 1. The predicted octanol–water partition coefficient (Wildman–Crippen LogP) is 0.823. The Morgan fingerprint density at radius 2 is 2.17 bits per heavy atom. The zero-order valence-corrected chi connectivity index (χ0v) is 14.4. The lowest BCUT2D eigenvalue weighted by Gasteiger charge is -2.23. The number of rotatable bonds is 4. The standard InChI is InChI=1S/C15H20N2O6S/c1-9-11(6-12(23-9)24(21,22)16-2)13(18)17-7-10-4-3-5-15(10,8-17)14(19)20/h6,10,16H,3-5,7-8H2,1-2H3,(H,19,20)/t10-,15+/m0/s1. The Morgan fingerprint density at radius 3 is 2.75 bits per heavy atom. The molecule has 1 aliphatic heterocycles. The average Bonchev–Trinajstić information content (AvgIpc) is 3.18. The molecule has 0 radical (unpaired) electrons. The van der Waals surface area contributed by atoms with Gasteiger partial charge in [0.1, 0.15) is 5.76 Å². The van der Waals surface area contributed by atoms with Gasteiger partial charge in [0.15, 0.2) is 0 Å². The first kappa shape index (κ1) is 17.0. The molecule has 2 atom stereocenters. The molecule has 1 aromatic rings. The first-order chi connectivity index (χ1) is 11.2. The van der Waals surface area contributed by atoms with E-state index in [9.17, 15) is 23.1 Å². The van der Waals surface area contributed by atoms with Crippen LogP contribution in [0.4, 0.5) is 0 Å². The molecule has 0 spiro atoms. The molecular formula is C15H20N2O6S. The van der Waals surface area contributed by atoms with Crippen molar-refractivity contribution in [1.82, 2.24) is 9.62 Å². The lowest BCUT2D eigenvalue weighted by molar-refractivity contribution is -0.149. The molecule has 0 unspecified atom stereocenters. The minimum absolute atomic E-state index is 0.0494. The number of carboxylic acids is 1. The Morgan fingerprint density at radius 1 is 1.46 bits per heavy atom. The molecule has 1 aromatic heterocycles. The van der Waals surface area contributed by atoms with Gasteiger partial charge in [0.2, 0.25) is 5.09 Å². The maximum Gasteiger partial charge on any atom is 0.311 e. The Kier molecular flexibility index (Phi) is 3.95. The van der Waals surface area contributed by atoms with Crippen LogP contribution in [0, 0.1) is 18.3 Å². The van der Waals surface area contributed by atoms with E-state index in [1.54, 1.807) is 0 Å². The summed E-state index contributed by atoms with van der Waals surface area (Å²) in [4.78, 5) is 26.0. The van der Waals surface area contributed by atoms with E-state index in [0.717, 1.165) is 12.8 Å². The lowest BCUT2D eigenvalue weighted by atomic mass is 9.81. The smallest absolute Gasteiger partial charge is 0.311 e. The van der Waals surface area contributed by atoms with Crippen molar-refractivity contribution in [3.05, 3.63) is 17.4 Å². The number of hydrogen-bond acceptors (Lipinski definition) is 5. The van der Waals surface area contributed by atoms with Crippen molar-refractivity contribution in [2.45, 2.75) is 31.3 Å². The van der Waals surface area contributed by atoms with Gasteiger partial charge in [-0.15, -0.1) is 0 Å². The third-order valence-corrected chi connectivity index (χ3v) is 6.51. The molecule has 8 nitrogen and oxygen atoms in total. The molecule has 9 heteroatoms. The minimum Gasteiger partial charge on any atom is -0.481 e. The van der Waals surface area contributed by atoms with Gasteiger partial charge in [-0.1, -0.05) is 6.42 Å². The maximum atomic E-state index is 12.8. The number of sulfonamides is 1. The SMILES string of the molecule is CNS(=O)(=O)c1cc(C(=O)N2C[C@@H]3CCC[C@@]3(C(=O)O)C2)c(C)o1. The highest BCUT2D eigenvalue weighted by Gasteiger charge is 2.56. The van der Waals surface area contributed by atoms with Gasteiger partial charge >= 0.3 is 5.97 Å². The Labute approximate surface area is 139 Å². The van der Waals surface area contributed by atoms with E-state index in [1.807, 2.05) is 0 Å². The molecular weight excluding hydrogens is 336 g/mol. The second kappa shape index (κ2) is 5.59. The highest BCUT2D eigenvalue weighted by Crippen LogP contribution is 2.49. The first-order valence-corrected chi connectivity index (χ1v) is 9.26. The normalized spacial score (nSPS) is 26.6. The number of furan rings is 1. The van der Waals surface area contributed by atoms with Crippen molar-refractivity contribution in [2.75, 3.05) is 20.1 Å². The predicted molar refractivity (Wildman–Crippen MR) is 83.0 cm³/mol. The van der Waals surface area contributed by atoms with Gasteiger partial charge in [-0.2, -0.15) is 0 Å². The molecule has 2 aliphatic rings. The number of carboxylic acid groups (broad SMARTS) is 1. The molecule has 0 bridgehead atoms. The Bertz CT molecular complexity index is 799. The molecule has 3 rings (SSSR count). The van der Waals surface area contributed by atoms with Crippen LogP contribution in [-0.2, 0) is 14.8 Å². The molecule has 0 aromatic carbocycles. The average molecular weight is 356 g/mol. The number of aliphatic carboxylic acids is 1. The van der Waals surface area contributed by atoms with Crippen LogP contribution in [0.3, 0.4) is 0 Å². The van der Waals surface area contributed by atoms with Crippen LogP contribution in [-0.4, -0.2) is 50.4 Å². The summed E-state index contributed by atoms with van der Waals surface area (Å²) in [6, 6.07) is 1.20. The highest BCUT2D eigenvalue weighted by molar-refractivity contribution is 7.89. The van der Waals surface area contributed by atoms with E-state index in [0.29, 0.717) is 13.0 Å². The number of nitrogens with zero attached hydrogens (tertiary/aromatic N) is 1. The number of carbonyl (C=O) groups excluding carboxylic acids is 1. The molecule has 1 amide bonds. The first-order valence-electron chi connectivity index (χ1n) is 7.78. The monoisotopic (exact) mass is 356 g/mol. The molecule has 2 N–H and O–H groups in total. The summed E-state index contributed by atoms with van der Waals surface area (Å²) in [5.41, 5.74) is -0.711. The third-order valence-electron chi connectivity index (χ3n) is 5.24. The topological polar surface area (TPSA) is 117 Å². The van der Waals surface area contributed by atoms with Gasteiger partial charge in [0.25, 0.3) is 15.9 Å². The molecule has 2 heterocycles. The van der Waals surface area contributed by atoms with Crippen molar-refractivity contribution in [3.63, 3.8) is 0 Å². The Balaban J connectivity index is 1.88.